The number of rotatable bonds is 7. The summed E-state index contributed by atoms with van der Waals surface area (Å²) >= 11 is 0. The summed E-state index contributed by atoms with van der Waals surface area (Å²) in [7, 11) is 2.27. The summed E-state index contributed by atoms with van der Waals surface area (Å²) in [6, 6.07) is 11.6. The molecule has 2 rings (SSSR count). The molecule has 2 nitrogen and oxygen atoms in total. The molecule has 1 aliphatic carbocycles. The number of nitrogens with zero attached hydrogens (tertiary/aromatic N) is 1. The third-order valence-electron chi connectivity index (χ3n) is 4.05. The lowest BCUT2D eigenvalue weighted by molar-refractivity contribution is 0.0782. The van der Waals surface area contributed by atoms with E-state index in [1.165, 1.54) is 31.4 Å². The van der Waals surface area contributed by atoms with Gasteiger partial charge < -0.3 is 5.32 Å². The van der Waals surface area contributed by atoms with Crippen LogP contribution in [0.3, 0.4) is 0 Å². The summed E-state index contributed by atoms with van der Waals surface area (Å²) in [6.07, 6.45) is 3.99. The van der Waals surface area contributed by atoms with Crippen molar-refractivity contribution in [1.29, 1.82) is 0 Å². The van der Waals surface area contributed by atoms with Gasteiger partial charge in [-0.1, -0.05) is 37.3 Å². The van der Waals surface area contributed by atoms with E-state index in [4.69, 9.17) is 0 Å². The second-order valence-electron chi connectivity index (χ2n) is 5.51. The van der Waals surface area contributed by atoms with E-state index in [9.17, 15) is 0 Å². The summed E-state index contributed by atoms with van der Waals surface area (Å²) < 4.78 is 0. The largest absolute Gasteiger partial charge is 0.316 e. The monoisotopic (exact) mass is 246 g/mol. The topological polar surface area (TPSA) is 15.3 Å². The molecule has 18 heavy (non-hydrogen) atoms. The highest BCUT2D eigenvalue weighted by Gasteiger charge is 2.33. The van der Waals surface area contributed by atoms with Crippen molar-refractivity contribution >= 4 is 0 Å². The summed E-state index contributed by atoms with van der Waals surface area (Å²) in [5.41, 5.74) is 1.42. The highest BCUT2D eigenvalue weighted by Crippen LogP contribution is 2.31. The highest BCUT2D eigenvalue weighted by molar-refractivity contribution is 5.14. The fraction of sp³-hybridized carbons (Fsp3) is 0.625. The molecule has 1 aromatic carbocycles. The van der Waals surface area contributed by atoms with E-state index >= 15 is 0 Å². The molecule has 0 spiro atoms. The first-order valence-corrected chi connectivity index (χ1v) is 7.26. The molecule has 1 aliphatic rings. The Balaban J connectivity index is 1.77. The Kier molecular flexibility index (Phi) is 5.21. The molecule has 0 heterocycles. The average molecular weight is 246 g/mol. The Morgan fingerprint density at radius 3 is 2.61 bits per heavy atom. The van der Waals surface area contributed by atoms with Crippen LogP contribution in [0.15, 0.2) is 30.3 Å². The number of nitrogens with one attached hydrogen (secondary N) is 1. The van der Waals surface area contributed by atoms with Gasteiger partial charge in [0, 0.05) is 12.6 Å². The first kappa shape index (κ1) is 13.6. The second-order valence-corrected chi connectivity index (χ2v) is 5.51. The van der Waals surface area contributed by atoms with Gasteiger partial charge in [-0.05, 0) is 50.9 Å². The van der Waals surface area contributed by atoms with E-state index < -0.39 is 0 Å². The lowest BCUT2D eigenvalue weighted by atomic mass is 9.78. The quantitative estimate of drug-likeness (QED) is 0.744. The standard InChI is InChI=1S/C16H26N2/c1-3-11-17-12-15-9-10-16(15)18(2)13-14-7-5-4-6-8-14/h4-8,15-17H,3,9-13H2,1-2H3. The molecule has 0 radical (unpaired) electrons. The van der Waals surface area contributed by atoms with Crippen molar-refractivity contribution in [3.63, 3.8) is 0 Å². The van der Waals surface area contributed by atoms with Crippen LogP contribution in [-0.2, 0) is 6.54 Å². The van der Waals surface area contributed by atoms with Crippen molar-refractivity contribution in [3.8, 4) is 0 Å². The number of hydrogen-bond donors (Lipinski definition) is 1. The zero-order valence-corrected chi connectivity index (χ0v) is 11.7. The molecule has 0 aliphatic heterocycles. The molecule has 0 aromatic heterocycles. The molecular formula is C16H26N2. The van der Waals surface area contributed by atoms with Gasteiger partial charge >= 0.3 is 0 Å². The SMILES string of the molecule is CCCNCC1CCC1N(C)Cc1ccccc1. The molecule has 1 saturated carbocycles. The summed E-state index contributed by atoms with van der Waals surface area (Å²) in [4.78, 5) is 2.52. The maximum Gasteiger partial charge on any atom is 0.0233 e. The van der Waals surface area contributed by atoms with Crippen LogP contribution >= 0.6 is 0 Å². The van der Waals surface area contributed by atoms with Crippen molar-refractivity contribution in [1.82, 2.24) is 10.2 Å². The lowest BCUT2D eigenvalue weighted by Gasteiger charge is -2.43. The molecule has 2 atom stereocenters. The first-order chi connectivity index (χ1) is 8.81. The first-order valence-electron chi connectivity index (χ1n) is 7.26. The van der Waals surface area contributed by atoms with Gasteiger partial charge in [0.25, 0.3) is 0 Å². The van der Waals surface area contributed by atoms with Gasteiger partial charge in [-0.25, -0.2) is 0 Å². The zero-order valence-electron chi connectivity index (χ0n) is 11.7. The minimum absolute atomic E-state index is 0.773. The molecular weight excluding hydrogens is 220 g/mol. The fourth-order valence-electron chi connectivity index (χ4n) is 2.82. The molecule has 0 amide bonds. The van der Waals surface area contributed by atoms with Gasteiger partial charge in [0.15, 0.2) is 0 Å². The molecule has 1 N–H and O–H groups in total. The molecule has 0 saturated heterocycles. The van der Waals surface area contributed by atoms with Crippen LogP contribution in [0.25, 0.3) is 0 Å². The van der Waals surface area contributed by atoms with Gasteiger partial charge in [-0.2, -0.15) is 0 Å². The van der Waals surface area contributed by atoms with Gasteiger partial charge in [-0.3, -0.25) is 4.90 Å². The van der Waals surface area contributed by atoms with E-state index in [-0.39, 0.29) is 0 Å². The Labute approximate surface area is 111 Å². The van der Waals surface area contributed by atoms with Crippen molar-refractivity contribution in [3.05, 3.63) is 35.9 Å². The highest BCUT2D eigenvalue weighted by atomic mass is 15.1. The van der Waals surface area contributed by atoms with Crippen LogP contribution in [0.4, 0.5) is 0 Å². The molecule has 0 bridgehead atoms. The van der Waals surface area contributed by atoms with Crippen molar-refractivity contribution in [2.24, 2.45) is 5.92 Å². The van der Waals surface area contributed by atoms with Crippen LogP contribution in [0.2, 0.25) is 0 Å². The minimum atomic E-state index is 0.773. The van der Waals surface area contributed by atoms with Crippen molar-refractivity contribution in [2.75, 3.05) is 20.1 Å². The van der Waals surface area contributed by atoms with E-state index in [2.05, 4.69) is 54.5 Å². The Hall–Kier alpha value is -0.860. The minimum Gasteiger partial charge on any atom is -0.316 e. The van der Waals surface area contributed by atoms with Gasteiger partial charge in [0.2, 0.25) is 0 Å². The van der Waals surface area contributed by atoms with Crippen LogP contribution in [0.5, 0.6) is 0 Å². The van der Waals surface area contributed by atoms with E-state index in [1.807, 2.05) is 0 Å². The molecule has 2 unspecified atom stereocenters. The lowest BCUT2D eigenvalue weighted by Crippen LogP contribution is -2.48. The van der Waals surface area contributed by atoms with Gasteiger partial charge in [0.05, 0.1) is 0 Å². The van der Waals surface area contributed by atoms with Crippen LogP contribution < -0.4 is 5.32 Å². The predicted molar refractivity (Wildman–Crippen MR) is 77.6 cm³/mol. The molecule has 2 heteroatoms. The van der Waals surface area contributed by atoms with Crippen LogP contribution in [-0.4, -0.2) is 31.1 Å². The van der Waals surface area contributed by atoms with E-state index in [1.54, 1.807) is 0 Å². The normalized spacial score (nSPS) is 23.1. The Bertz CT molecular complexity index is 336. The van der Waals surface area contributed by atoms with E-state index in [0.717, 1.165) is 25.0 Å². The number of benzene rings is 1. The zero-order chi connectivity index (χ0) is 12.8. The predicted octanol–water partition coefficient (Wildman–Crippen LogP) is 2.90. The Morgan fingerprint density at radius 1 is 1.22 bits per heavy atom. The third-order valence-corrected chi connectivity index (χ3v) is 4.05. The smallest absolute Gasteiger partial charge is 0.0233 e. The molecule has 1 aromatic rings. The third kappa shape index (κ3) is 3.56. The molecule has 1 fully saturated rings. The summed E-state index contributed by atoms with van der Waals surface area (Å²) in [5, 5.41) is 3.56. The fourth-order valence-corrected chi connectivity index (χ4v) is 2.82. The summed E-state index contributed by atoms with van der Waals surface area (Å²) in [5.74, 6) is 0.852. The Morgan fingerprint density at radius 2 is 2.00 bits per heavy atom. The maximum absolute atomic E-state index is 3.56. The second kappa shape index (κ2) is 6.91. The van der Waals surface area contributed by atoms with E-state index in [0.29, 0.717) is 0 Å². The number of hydrogen-bond acceptors (Lipinski definition) is 2. The van der Waals surface area contributed by atoms with Crippen molar-refractivity contribution < 1.29 is 0 Å². The van der Waals surface area contributed by atoms with Gasteiger partial charge in [-0.15, -0.1) is 0 Å². The maximum atomic E-state index is 3.56. The average Bonchev–Trinajstić information content (AvgIpc) is 2.34. The van der Waals surface area contributed by atoms with Crippen molar-refractivity contribution in [2.45, 2.75) is 38.8 Å². The van der Waals surface area contributed by atoms with Crippen LogP contribution in [0, 0.1) is 5.92 Å². The van der Waals surface area contributed by atoms with Gasteiger partial charge in [0.1, 0.15) is 0 Å². The molecule has 100 valence electrons. The summed E-state index contributed by atoms with van der Waals surface area (Å²) in [6.45, 7) is 5.66. The van der Waals surface area contributed by atoms with Crippen LogP contribution in [0.1, 0.15) is 31.7 Å².